The van der Waals surface area contributed by atoms with Crippen LogP contribution in [0.3, 0.4) is 0 Å². The minimum Gasteiger partial charge on any atom is -0.497 e. The zero-order chi connectivity index (χ0) is 16.8. The lowest BCUT2D eigenvalue weighted by Crippen LogP contribution is -2.15. The molecule has 0 radical (unpaired) electrons. The minimum atomic E-state index is -0.172. The van der Waals surface area contributed by atoms with Gasteiger partial charge in [-0.25, -0.2) is 0 Å². The number of amides is 1. The zero-order valence-electron chi connectivity index (χ0n) is 13.4. The Morgan fingerprint density at radius 3 is 2.17 bits per heavy atom. The van der Waals surface area contributed by atoms with Gasteiger partial charge < -0.3 is 25.3 Å². The quantitative estimate of drug-likeness (QED) is 0.800. The highest BCUT2D eigenvalue weighted by Gasteiger charge is 2.12. The number of hydrogen-bond acceptors (Lipinski definition) is 5. The van der Waals surface area contributed by atoms with Gasteiger partial charge in [0, 0.05) is 12.1 Å². The van der Waals surface area contributed by atoms with E-state index in [2.05, 4.69) is 5.32 Å². The maximum atomic E-state index is 12.2. The molecule has 0 saturated heterocycles. The van der Waals surface area contributed by atoms with E-state index >= 15 is 0 Å². The van der Waals surface area contributed by atoms with Crippen LogP contribution in [0.4, 0.5) is 11.4 Å². The maximum Gasteiger partial charge on any atom is 0.228 e. The highest BCUT2D eigenvalue weighted by molar-refractivity contribution is 5.95. The van der Waals surface area contributed by atoms with Gasteiger partial charge in [-0.05, 0) is 17.7 Å². The summed E-state index contributed by atoms with van der Waals surface area (Å²) in [6.45, 7) is 0. The lowest BCUT2D eigenvalue weighted by Gasteiger charge is -2.13. The molecule has 0 aliphatic rings. The van der Waals surface area contributed by atoms with E-state index < -0.39 is 0 Å². The molecule has 0 aliphatic carbocycles. The number of nitrogens with one attached hydrogen (secondary N) is 1. The summed E-state index contributed by atoms with van der Waals surface area (Å²) in [6.07, 6.45) is 0.234. The molecule has 23 heavy (non-hydrogen) atoms. The summed E-state index contributed by atoms with van der Waals surface area (Å²) in [7, 11) is 4.65. The molecule has 0 atom stereocenters. The van der Waals surface area contributed by atoms with Crippen molar-refractivity contribution in [3.8, 4) is 17.2 Å². The van der Waals surface area contributed by atoms with Gasteiger partial charge in [0.2, 0.25) is 5.91 Å². The Bertz CT molecular complexity index is 684. The molecule has 2 rings (SSSR count). The van der Waals surface area contributed by atoms with E-state index in [0.29, 0.717) is 22.9 Å². The smallest absolute Gasteiger partial charge is 0.228 e. The summed E-state index contributed by atoms with van der Waals surface area (Å²) < 4.78 is 15.5. The third-order valence-electron chi connectivity index (χ3n) is 3.35. The Balaban J connectivity index is 2.10. The summed E-state index contributed by atoms with van der Waals surface area (Å²) in [5.74, 6) is 1.59. The molecule has 0 heterocycles. The van der Waals surface area contributed by atoms with Crippen LogP contribution in [0.2, 0.25) is 0 Å². The van der Waals surface area contributed by atoms with E-state index in [1.807, 2.05) is 24.3 Å². The highest BCUT2D eigenvalue weighted by atomic mass is 16.5. The van der Waals surface area contributed by atoms with Crippen LogP contribution in [0.15, 0.2) is 36.4 Å². The molecule has 0 bridgehead atoms. The monoisotopic (exact) mass is 316 g/mol. The van der Waals surface area contributed by atoms with E-state index in [4.69, 9.17) is 19.9 Å². The van der Waals surface area contributed by atoms with Crippen molar-refractivity contribution in [3.05, 3.63) is 42.0 Å². The largest absolute Gasteiger partial charge is 0.497 e. The minimum absolute atomic E-state index is 0.172. The topological polar surface area (TPSA) is 82.8 Å². The lowest BCUT2D eigenvalue weighted by molar-refractivity contribution is -0.115. The Kier molecular flexibility index (Phi) is 5.30. The van der Waals surface area contributed by atoms with Crippen LogP contribution in [0, 0.1) is 0 Å². The first kappa shape index (κ1) is 16.5. The number of carbonyl (C=O) groups is 1. The molecular weight excluding hydrogens is 296 g/mol. The third kappa shape index (κ3) is 4.06. The summed E-state index contributed by atoms with van der Waals surface area (Å²) in [6, 6.07) is 10.6. The van der Waals surface area contributed by atoms with Crippen molar-refractivity contribution in [2.75, 3.05) is 32.4 Å². The fraction of sp³-hybridized carbons (Fsp3) is 0.235. The molecule has 6 heteroatoms. The highest BCUT2D eigenvalue weighted by Crippen LogP contribution is 2.34. The van der Waals surface area contributed by atoms with E-state index in [0.717, 1.165) is 11.3 Å². The number of anilines is 2. The molecule has 6 nitrogen and oxygen atoms in total. The van der Waals surface area contributed by atoms with Crippen LogP contribution in [-0.4, -0.2) is 27.2 Å². The summed E-state index contributed by atoms with van der Waals surface area (Å²) >= 11 is 0. The van der Waals surface area contributed by atoms with Crippen molar-refractivity contribution >= 4 is 17.3 Å². The molecular formula is C17H20N2O4. The molecule has 3 N–H and O–H groups in total. The van der Waals surface area contributed by atoms with Crippen LogP contribution < -0.4 is 25.3 Å². The number of rotatable bonds is 6. The first-order chi connectivity index (χ1) is 11.1. The van der Waals surface area contributed by atoms with Crippen LogP contribution in [0.1, 0.15) is 5.56 Å². The Hall–Kier alpha value is -2.89. The van der Waals surface area contributed by atoms with Gasteiger partial charge in [0.25, 0.3) is 0 Å². The summed E-state index contributed by atoms with van der Waals surface area (Å²) in [5, 5.41) is 2.78. The SMILES string of the molecule is COc1ccc(CC(=O)Nc2cc(OC)c(OC)cc2N)cc1. The molecule has 0 spiro atoms. The second-order valence-corrected chi connectivity index (χ2v) is 4.87. The number of carbonyl (C=O) groups excluding carboxylic acids is 1. The number of nitrogens with two attached hydrogens (primary N) is 1. The lowest BCUT2D eigenvalue weighted by atomic mass is 10.1. The average molecular weight is 316 g/mol. The first-order valence-corrected chi connectivity index (χ1v) is 7.01. The van der Waals surface area contributed by atoms with Crippen molar-refractivity contribution in [1.29, 1.82) is 0 Å². The number of ether oxygens (including phenoxy) is 3. The molecule has 0 unspecified atom stereocenters. The van der Waals surface area contributed by atoms with Crippen molar-refractivity contribution in [1.82, 2.24) is 0 Å². The number of methoxy groups -OCH3 is 3. The third-order valence-corrected chi connectivity index (χ3v) is 3.35. The van der Waals surface area contributed by atoms with Gasteiger partial charge >= 0.3 is 0 Å². The predicted octanol–water partition coefficient (Wildman–Crippen LogP) is 2.48. The number of benzene rings is 2. The molecule has 0 fully saturated rings. The Morgan fingerprint density at radius 1 is 1.00 bits per heavy atom. The van der Waals surface area contributed by atoms with Crippen molar-refractivity contribution < 1.29 is 19.0 Å². The van der Waals surface area contributed by atoms with Crippen LogP contribution in [-0.2, 0) is 11.2 Å². The van der Waals surface area contributed by atoms with Gasteiger partial charge in [-0.3, -0.25) is 4.79 Å². The van der Waals surface area contributed by atoms with Gasteiger partial charge in [-0.1, -0.05) is 12.1 Å². The molecule has 0 aliphatic heterocycles. The van der Waals surface area contributed by atoms with Crippen LogP contribution >= 0.6 is 0 Å². The predicted molar refractivity (Wildman–Crippen MR) is 89.3 cm³/mol. The van der Waals surface area contributed by atoms with E-state index in [9.17, 15) is 4.79 Å². The molecule has 2 aromatic carbocycles. The van der Waals surface area contributed by atoms with Gasteiger partial charge in [-0.2, -0.15) is 0 Å². The number of nitrogen functional groups attached to an aromatic ring is 1. The van der Waals surface area contributed by atoms with Gasteiger partial charge in [-0.15, -0.1) is 0 Å². The molecule has 0 saturated carbocycles. The normalized spacial score (nSPS) is 10.0. The van der Waals surface area contributed by atoms with Gasteiger partial charge in [0.15, 0.2) is 11.5 Å². The number of hydrogen-bond donors (Lipinski definition) is 2. The van der Waals surface area contributed by atoms with E-state index in [1.54, 1.807) is 19.2 Å². The van der Waals surface area contributed by atoms with Crippen molar-refractivity contribution in [2.24, 2.45) is 0 Å². The van der Waals surface area contributed by atoms with Crippen LogP contribution in [0.5, 0.6) is 17.2 Å². The second kappa shape index (κ2) is 7.40. The average Bonchev–Trinajstić information content (AvgIpc) is 2.56. The molecule has 0 aromatic heterocycles. The van der Waals surface area contributed by atoms with E-state index in [-0.39, 0.29) is 12.3 Å². The summed E-state index contributed by atoms with van der Waals surface area (Å²) in [5.41, 5.74) is 7.71. The summed E-state index contributed by atoms with van der Waals surface area (Å²) in [4.78, 5) is 12.2. The zero-order valence-corrected chi connectivity index (χ0v) is 13.4. The molecule has 1 amide bonds. The fourth-order valence-corrected chi connectivity index (χ4v) is 2.13. The molecule has 122 valence electrons. The Labute approximate surface area is 135 Å². The standard InChI is InChI=1S/C17H20N2O4/c1-21-12-6-4-11(5-7-12)8-17(20)19-14-10-16(23-3)15(22-2)9-13(14)18/h4-7,9-10H,8,18H2,1-3H3,(H,19,20). The van der Waals surface area contributed by atoms with Crippen molar-refractivity contribution in [2.45, 2.75) is 6.42 Å². The van der Waals surface area contributed by atoms with Gasteiger partial charge in [0.05, 0.1) is 39.1 Å². The second-order valence-electron chi connectivity index (χ2n) is 4.87. The first-order valence-electron chi connectivity index (χ1n) is 7.01. The maximum absolute atomic E-state index is 12.2. The van der Waals surface area contributed by atoms with Crippen LogP contribution in [0.25, 0.3) is 0 Å². The molecule has 2 aromatic rings. The van der Waals surface area contributed by atoms with Crippen molar-refractivity contribution in [3.63, 3.8) is 0 Å². The fourth-order valence-electron chi connectivity index (χ4n) is 2.13. The van der Waals surface area contributed by atoms with E-state index in [1.165, 1.54) is 14.2 Å². The Morgan fingerprint density at radius 2 is 1.61 bits per heavy atom. The van der Waals surface area contributed by atoms with Gasteiger partial charge in [0.1, 0.15) is 5.75 Å².